The summed E-state index contributed by atoms with van der Waals surface area (Å²) in [6.07, 6.45) is 23.3. The summed E-state index contributed by atoms with van der Waals surface area (Å²) in [4.78, 5) is 45.3. The second kappa shape index (κ2) is 19.2. The monoisotopic (exact) mass is 802 g/mol. The molecule has 1 aromatic heterocycles. The minimum Gasteiger partial charge on any atom is -0.875 e. The van der Waals surface area contributed by atoms with Gasteiger partial charge in [-0.2, -0.15) is 0 Å². The Morgan fingerprint density at radius 3 is 2.29 bits per heavy atom. The van der Waals surface area contributed by atoms with E-state index in [9.17, 15) is 19.8 Å². The molecule has 0 fully saturated rings. The van der Waals surface area contributed by atoms with Gasteiger partial charge >= 0.3 is 28.4 Å². The molecule has 0 spiro atoms. The third-order valence-corrected chi connectivity index (χ3v) is 11.7. The van der Waals surface area contributed by atoms with Crippen molar-refractivity contribution in [3.63, 3.8) is 0 Å². The van der Waals surface area contributed by atoms with Crippen molar-refractivity contribution in [2.45, 2.75) is 138 Å². The van der Waals surface area contributed by atoms with Crippen molar-refractivity contribution in [1.29, 1.82) is 0 Å². The first kappa shape index (κ1) is 42.8. The first-order valence-corrected chi connectivity index (χ1v) is 20.5. The molecule has 0 amide bonds. The van der Waals surface area contributed by atoms with Crippen molar-refractivity contribution in [1.82, 2.24) is 4.98 Å². The number of allylic oxidation sites excluding steroid dienone is 8. The van der Waals surface area contributed by atoms with E-state index in [1.165, 1.54) is 32.1 Å². The standard InChI is InChI=1S/C46H58N4O5.Ni/c1-7-9-10-11-12-13-14-15-16-17-18-19-20-42(54)55-46-30(6)37-24-35-28(4)32(21-22-41(52)53)44(49-35)33-23-40(51)43-29(5)36(50-45(33)43)25-38-31(8-2)27(3)34(47-38)26-39(46)48-37;/h12-13,24-26,28,32H,7-11,14-23H2,1-6H3,(H3,47,48,49,50,51,52,53);/q;+2/p-2/b13-12+;/t28-,32-;/m0./s1. The van der Waals surface area contributed by atoms with E-state index < -0.39 is 5.97 Å². The Morgan fingerprint density at radius 1 is 0.893 bits per heavy atom. The molecule has 56 heavy (non-hydrogen) atoms. The summed E-state index contributed by atoms with van der Waals surface area (Å²) in [5, 5.41) is 24.4. The van der Waals surface area contributed by atoms with E-state index in [0.29, 0.717) is 46.3 Å². The Bertz CT molecular complexity index is 2150. The number of rotatable bonds is 17. The average molecular weight is 804 g/mol. The van der Waals surface area contributed by atoms with Crippen LogP contribution in [0.3, 0.4) is 0 Å². The Labute approximate surface area is 341 Å². The van der Waals surface area contributed by atoms with Crippen molar-refractivity contribution in [2.75, 3.05) is 0 Å². The maximum atomic E-state index is 13.5. The molecular formula is C46H56N4NiO5. The van der Waals surface area contributed by atoms with Crippen LogP contribution < -0.4 is 20.7 Å². The number of hydrogen-bond donors (Lipinski definition) is 1. The molecule has 8 bridgehead atoms. The molecule has 9 nitrogen and oxygen atoms in total. The van der Waals surface area contributed by atoms with E-state index in [0.717, 1.165) is 89.2 Å². The summed E-state index contributed by atoms with van der Waals surface area (Å²) < 4.78 is 6.14. The quantitative estimate of drug-likeness (QED) is 0.0734. The van der Waals surface area contributed by atoms with Crippen molar-refractivity contribution in [2.24, 2.45) is 26.8 Å². The van der Waals surface area contributed by atoms with Crippen LogP contribution in [-0.2, 0) is 30.8 Å². The van der Waals surface area contributed by atoms with Crippen LogP contribution in [0.5, 0.6) is 0 Å². The van der Waals surface area contributed by atoms with Gasteiger partial charge in [-0.1, -0.05) is 76.7 Å². The van der Waals surface area contributed by atoms with E-state index in [1.807, 2.05) is 45.9 Å². The SMILES string of the molecule is CCCCC/C=C/CCCCCCCC(=O)OC1=C(C)C2=NC1=CC1=NC(=Cc3[n-]c4c(c3C)=C([O-])CC=4C3=NC(=C2)[C@@H](C)[C@@H]3CCC(=O)O)C(CC)=C1C.[Ni+2]. The summed E-state index contributed by atoms with van der Waals surface area (Å²) in [6.45, 7) is 12.3. The van der Waals surface area contributed by atoms with Crippen LogP contribution in [-0.4, -0.2) is 34.2 Å². The summed E-state index contributed by atoms with van der Waals surface area (Å²) in [7, 11) is 0. The number of hydrogen-bond acceptors (Lipinski definition) is 7. The summed E-state index contributed by atoms with van der Waals surface area (Å²) in [5.41, 5.74) is 9.26. The molecule has 6 rings (SSSR count). The molecule has 0 radical (unpaired) electrons. The van der Waals surface area contributed by atoms with Crippen LogP contribution in [0.15, 0.2) is 78.9 Å². The number of carbonyl (C=O) groups is 2. The zero-order chi connectivity index (χ0) is 39.2. The Hall–Kier alpha value is -4.30. The molecule has 5 heterocycles. The van der Waals surface area contributed by atoms with E-state index in [2.05, 4.69) is 26.0 Å². The van der Waals surface area contributed by atoms with Crippen molar-refractivity contribution >= 4 is 46.5 Å². The molecular weight excluding hydrogens is 747 g/mol. The first-order valence-electron chi connectivity index (χ1n) is 20.5. The minimum atomic E-state index is -0.876. The Morgan fingerprint density at radius 2 is 1.57 bits per heavy atom. The van der Waals surface area contributed by atoms with Gasteiger partial charge in [0.1, 0.15) is 5.70 Å². The zero-order valence-corrected chi connectivity index (χ0v) is 34.8. The third-order valence-electron chi connectivity index (χ3n) is 11.7. The molecule has 1 N–H and O–H groups in total. The topological polar surface area (TPSA) is 138 Å². The van der Waals surface area contributed by atoms with Gasteiger partial charge in [-0.3, -0.25) is 14.6 Å². The fraction of sp³-hybridized carbons (Fsp3) is 0.500. The molecule has 4 aliphatic heterocycles. The van der Waals surface area contributed by atoms with Crippen LogP contribution >= 0.6 is 0 Å². The van der Waals surface area contributed by atoms with Crippen LogP contribution in [0, 0.1) is 18.8 Å². The number of carboxylic acids is 1. The number of unbranched alkanes of at least 4 members (excludes halogenated alkanes) is 8. The van der Waals surface area contributed by atoms with E-state index in [-0.39, 0.29) is 52.9 Å². The number of nitrogens with zero attached hydrogens (tertiary/aromatic N) is 4. The molecule has 0 aromatic carbocycles. The number of aliphatic imine (C=N–C) groups is 3. The molecule has 1 aromatic rings. The number of carboxylic acid groups (broad SMARTS) is 1. The van der Waals surface area contributed by atoms with E-state index in [4.69, 9.17) is 24.7 Å². The second-order valence-electron chi connectivity index (χ2n) is 15.5. The average Bonchev–Trinajstić information content (AvgIpc) is 3.90. The number of esters is 1. The van der Waals surface area contributed by atoms with Crippen LogP contribution in [0.1, 0.15) is 142 Å². The fourth-order valence-electron chi connectivity index (χ4n) is 8.35. The number of ether oxygens (including phenoxy) is 1. The van der Waals surface area contributed by atoms with Gasteiger partial charge in [0.15, 0.2) is 5.76 Å². The van der Waals surface area contributed by atoms with Gasteiger partial charge in [-0.15, -0.1) is 16.8 Å². The molecule has 1 aliphatic carbocycles. The predicted molar refractivity (Wildman–Crippen MR) is 219 cm³/mol. The van der Waals surface area contributed by atoms with Gasteiger partial charge in [-0.05, 0) is 106 Å². The van der Waals surface area contributed by atoms with Gasteiger partial charge in [-0.25, -0.2) is 9.98 Å². The first-order chi connectivity index (χ1) is 26.5. The number of aliphatic carboxylic acids is 1. The zero-order valence-electron chi connectivity index (χ0n) is 33.8. The fourth-order valence-corrected chi connectivity index (χ4v) is 8.35. The van der Waals surface area contributed by atoms with Crippen LogP contribution in [0.2, 0.25) is 0 Å². The molecule has 5 aliphatic rings. The van der Waals surface area contributed by atoms with Gasteiger partial charge < -0.3 is 19.9 Å². The van der Waals surface area contributed by atoms with Gasteiger partial charge in [0, 0.05) is 41.7 Å². The van der Waals surface area contributed by atoms with Crippen molar-refractivity contribution < 1.29 is 41.0 Å². The molecule has 300 valence electrons. The molecule has 0 unspecified atom stereocenters. The molecule has 10 heteroatoms. The smallest absolute Gasteiger partial charge is 0.875 e. The largest absolute Gasteiger partial charge is 2.00 e. The van der Waals surface area contributed by atoms with E-state index in [1.54, 1.807) is 0 Å². The van der Waals surface area contributed by atoms with E-state index >= 15 is 0 Å². The predicted octanol–water partition coefficient (Wildman–Crippen LogP) is 7.99. The summed E-state index contributed by atoms with van der Waals surface area (Å²) in [6, 6.07) is 0. The maximum absolute atomic E-state index is 13.5. The Balaban J connectivity index is 0.00000600. The Kier molecular flexibility index (Phi) is 14.7. The number of carbonyl (C=O) groups excluding carboxylic acids is 1. The van der Waals surface area contributed by atoms with Crippen molar-refractivity contribution in [3.8, 4) is 0 Å². The maximum Gasteiger partial charge on any atom is 2.00 e. The summed E-state index contributed by atoms with van der Waals surface area (Å²) in [5.74, 6) is -1.08. The van der Waals surface area contributed by atoms with Crippen LogP contribution in [0.25, 0.3) is 17.4 Å². The molecule has 2 atom stereocenters. The van der Waals surface area contributed by atoms with Gasteiger partial charge in [0.2, 0.25) is 0 Å². The van der Waals surface area contributed by atoms with Crippen LogP contribution in [0.4, 0.5) is 0 Å². The van der Waals surface area contributed by atoms with Gasteiger partial charge in [0.05, 0.1) is 17.1 Å². The minimum absolute atomic E-state index is 0. The molecule has 0 saturated carbocycles. The normalized spacial score (nSPS) is 20.0. The summed E-state index contributed by atoms with van der Waals surface area (Å²) >= 11 is 0. The third kappa shape index (κ3) is 9.28. The van der Waals surface area contributed by atoms with Gasteiger partial charge in [0.25, 0.3) is 0 Å². The number of fused-ring (bicyclic) bond motifs is 5. The molecule has 0 saturated heterocycles. The van der Waals surface area contributed by atoms with Crippen molar-refractivity contribution in [3.05, 3.63) is 85.7 Å². The number of aromatic nitrogens is 1. The second-order valence-corrected chi connectivity index (χ2v) is 15.5.